The topological polar surface area (TPSA) is 65.5 Å². The first-order valence-electron chi connectivity index (χ1n) is 9.06. The number of nitrogens with zero attached hydrogens (tertiary/aromatic N) is 1. The van der Waals surface area contributed by atoms with Crippen molar-refractivity contribution in [2.24, 2.45) is 4.99 Å². The smallest absolute Gasteiger partial charge is 0.251 e. The largest absolute Gasteiger partial charge is 0.357 e. The highest BCUT2D eigenvalue weighted by Gasteiger charge is 2.10. The molecule has 1 amide bonds. The number of nitrogens with one attached hydrogen (secondary N) is 3. The second-order valence-electron chi connectivity index (χ2n) is 6.35. The minimum absolute atomic E-state index is 0.0893. The highest BCUT2D eigenvalue weighted by Crippen LogP contribution is 2.16. The summed E-state index contributed by atoms with van der Waals surface area (Å²) < 4.78 is 13.8. The van der Waals surface area contributed by atoms with Crippen LogP contribution < -0.4 is 16.0 Å². The van der Waals surface area contributed by atoms with Crippen molar-refractivity contribution < 1.29 is 9.18 Å². The number of aryl methyl sites for hydroxylation is 1. The molecular weight excluding hydrogens is 343 g/mol. The van der Waals surface area contributed by atoms with E-state index in [0.29, 0.717) is 23.6 Å². The molecule has 0 saturated carbocycles. The Hall–Kier alpha value is -2.89. The predicted octanol–water partition coefficient (Wildman–Crippen LogP) is 3.31. The van der Waals surface area contributed by atoms with Crippen LogP contribution in [-0.4, -0.2) is 25.5 Å². The zero-order valence-corrected chi connectivity index (χ0v) is 16.3. The van der Waals surface area contributed by atoms with E-state index < -0.39 is 0 Å². The summed E-state index contributed by atoms with van der Waals surface area (Å²) in [7, 11) is 1.61. The van der Waals surface area contributed by atoms with Crippen molar-refractivity contribution in [2.75, 3.05) is 13.6 Å². The summed E-state index contributed by atoms with van der Waals surface area (Å²) in [6, 6.07) is 12.5. The molecular formula is C21H27FN4O. The number of aliphatic imine (C=N–C) groups is 1. The van der Waals surface area contributed by atoms with Crippen molar-refractivity contribution in [3.63, 3.8) is 0 Å². The van der Waals surface area contributed by atoms with Crippen LogP contribution in [-0.2, 0) is 6.54 Å². The van der Waals surface area contributed by atoms with Gasteiger partial charge in [0.15, 0.2) is 5.96 Å². The molecule has 2 aromatic carbocycles. The van der Waals surface area contributed by atoms with E-state index in [1.807, 2.05) is 32.0 Å². The Balaban J connectivity index is 2.06. The van der Waals surface area contributed by atoms with Crippen molar-refractivity contribution in [3.05, 3.63) is 70.5 Å². The van der Waals surface area contributed by atoms with Gasteiger partial charge in [-0.2, -0.15) is 0 Å². The molecule has 6 heteroatoms. The Bertz CT molecular complexity index is 802. The average molecular weight is 370 g/mol. The number of halogens is 1. The van der Waals surface area contributed by atoms with E-state index in [4.69, 9.17) is 0 Å². The monoisotopic (exact) mass is 370 g/mol. The fraction of sp³-hybridized carbons (Fsp3) is 0.333. The van der Waals surface area contributed by atoms with Crippen molar-refractivity contribution >= 4 is 11.9 Å². The van der Waals surface area contributed by atoms with Gasteiger partial charge in [-0.25, -0.2) is 9.38 Å². The van der Waals surface area contributed by atoms with Gasteiger partial charge in [-0.15, -0.1) is 0 Å². The maximum atomic E-state index is 13.8. The number of guanidine groups is 1. The second-order valence-corrected chi connectivity index (χ2v) is 6.35. The predicted molar refractivity (Wildman–Crippen MR) is 107 cm³/mol. The molecule has 144 valence electrons. The van der Waals surface area contributed by atoms with Crippen LogP contribution in [0.4, 0.5) is 4.39 Å². The number of rotatable bonds is 6. The van der Waals surface area contributed by atoms with Crippen molar-refractivity contribution in [3.8, 4) is 0 Å². The van der Waals surface area contributed by atoms with Crippen LogP contribution in [0.5, 0.6) is 0 Å². The molecule has 0 heterocycles. The van der Waals surface area contributed by atoms with Gasteiger partial charge in [0, 0.05) is 19.2 Å². The lowest BCUT2D eigenvalue weighted by atomic mass is 10.1. The van der Waals surface area contributed by atoms with Crippen LogP contribution in [0.1, 0.15) is 46.9 Å². The van der Waals surface area contributed by atoms with E-state index in [1.54, 1.807) is 38.2 Å². The lowest BCUT2D eigenvalue weighted by Gasteiger charge is -2.18. The standard InChI is InChI=1S/C21H27FN4O/c1-5-24-21(26-15(3)18-9-6-14(2)19(22)12-18)25-13-16-7-10-17(11-8-16)20(27)23-4/h6-12,15H,5,13H2,1-4H3,(H,23,27)(H2,24,25,26). The number of carbonyl (C=O) groups excluding carboxylic acids is 1. The van der Waals surface area contributed by atoms with Gasteiger partial charge in [0.1, 0.15) is 5.82 Å². The summed E-state index contributed by atoms with van der Waals surface area (Å²) in [5.41, 5.74) is 3.10. The molecule has 0 aliphatic carbocycles. The van der Waals surface area contributed by atoms with E-state index in [1.165, 1.54) is 0 Å². The normalized spacial score (nSPS) is 12.4. The Morgan fingerprint density at radius 3 is 2.48 bits per heavy atom. The van der Waals surface area contributed by atoms with Crippen LogP contribution in [0.2, 0.25) is 0 Å². The number of benzene rings is 2. The molecule has 0 fully saturated rings. The van der Waals surface area contributed by atoms with Crippen LogP contribution >= 0.6 is 0 Å². The van der Waals surface area contributed by atoms with Crippen LogP contribution in [0.25, 0.3) is 0 Å². The Morgan fingerprint density at radius 1 is 1.19 bits per heavy atom. The van der Waals surface area contributed by atoms with Gasteiger partial charge in [-0.1, -0.05) is 24.3 Å². The first kappa shape index (κ1) is 20.4. The van der Waals surface area contributed by atoms with Gasteiger partial charge < -0.3 is 16.0 Å². The first-order chi connectivity index (χ1) is 12.9. The molecule has 1 atom stereocenters. The van der Waals surface area contributed by atoms with Gasteiger partial charge in [0.25, 0.3) is 5.91 Å². The fourth-order valence-electron chi connectivity index (χ4n) is 2.56. The molecule has 0 aliphatic rings. The second kappa shape index (κ2) is 9.71. The molecule has 0 aromatic heterocycles. The van der Waals surface area contributed by atoms with Gasteiger partial charge in [-0.3, -0.25) is 4.79 Å². The van der Waals surface area contributed by atoms with E-state index in [0.717, 1.165) is 17.7 Å². The van der Waals surface area contributed by atoms with Gasteiger partial charge in [0.2, 0.25) is 0 Å². The van der Waals surface area contributed by atoms with Crippen molar-refractivity contribution in [2.45, 2.75) is 33.4 Å². The summed E-state index contributed by atoms with van der Waals surface area (Å²) in [6.07, 6.45) is 0. The van der Waals surface area contributed by atoms with Crippen LogP contribution in [0.15, 0.2) is 47.5 Å². The summed E-state index contributed by atoms with van der Waals surface area (Å²) in [5.74, 6) is 0.333. The van der Waals surface area contributed by atoms with Crippen LogP contribution in [0.3, 0.4) is 0 Å². The SMILES string of the molecule is CCNC(=NCc1ccc(C(=O)NC)cc1)NC(C)c1ccc(C)c(F)c1. The molecule has 5 nitrogen and oxygen atoms in total. The molecule has 0 aliphatic heterocycles. The summed E-state index contributed by atoms with van der Waals surface area (Å²) in [6.45, 7) is 6.90. The van der Waals surface area contributed by atoms with E-state index >= 15 is 0 Å². The van der Waals surface area contributed by atoms with Crippen molar-refractivity contribution in [1.82, 2.24) is 16.0 Å². The van der Waals surface area contributed by atoms with Gasteiger partial charge in [-0.05, 0) is 55.7 Å². The number of amides is 1. The van der Waals surface area contributed by atoms with Crippen molar-refractivity contribution in [1.29, 1.82) is 0 Å². The third-order valence-corrected chi connectivity index (χ3v) is 4.26. The maximum absolute atomic E-state index is 13.8. The third kappa shape index (κ3) is 5.81. The maximum Gasteiger partial charge on any atom is 0.251 e. The highest BCUT2D eigenvalue weighted by molar-refractivity contribution is 5.93. The molecule has 0 spiro atoms. The summed E-state index contributed by atoms with van der Waals surface area (Å²) >= 11 is 0. The third-order valence-electron chi connectivity index (χ3n) is 4.26. The zero-order valence-electron chi connectivity index (χ0n) is 16.3. The van der Waals surface area contributed by atoms with E-state index in [2.05, 4.69) is 20.9 Å². The highest BCUT2D eigenvalue weighted by atomic mass is 19.1. The molecule has 0 radical (unpaired) electrons. The quantitative estimate of drug-likeness (QED) is 0.540. The number of hydrogen-bond acceptors (Lipinski definition) is 2. The lowest BCUT2D eigenvalue weighted by Crippen LogP contribution is -2.38. The molecule has 2 aromatic rings. The van der Waals surface area contributed by atoms with Crippen LogP contribution in [0, 0.1) is 12.7 Å². The average Bonchev–Trinajstić information content (AvgIpc) is 2.68. The van der Waals surface area contributed by atoms with E-state index in [-0.39, 0.29) is 17.8 Å². The minimum atomic E-state index is -0.209. The molecule has 2 rings (SSSR count). The van der Waals surface area contributed by atoms with Gasteiger partial charge >= 0.3 is 0 Å². The molecule has 0 saturated heterocycles. The lowest BCUT2D eigenvalue weighted by molar-refractivity contribution is 0.0963. The first-order valence-corrected chi connectivity index (χ1v) is 9.06. The number of carbonyl (C=O) groups is 1. The minimum Gasteiger partial charge on any atom is -0.357 e. The summed E-state index contributed by atoms with van der Waals surface area (Å²) in [4.78, 5) is 16.2. The fourth-order valence-corrected chi connectivity index (χ4v) is 2.56. The Labute approximate surface area is 160 Å². The van der Waals surface area contributed by atoms with E-state index in [9.17, 15) is 9.18 Å². The molecule has 0 bridgehead atoms. The Morgan fingerprint density at radius 2 is 1.89 bits per heavy atom. The number of hydrogen-bond donors (Lipinski definition) is 3. The zero-order chi connectivity index (χ0) is 19.8. The molecule has 1 unspecified atom stereocenters. The Kier molecular flexibility index (Phi) is 7.34. The molecule has 3 N–H and O–H groups in total. The summed E-state index contributed by atoms with van der Waals surface area (Å²) in [5, 5.41) is 9.10. The van der Waals surface area contributed by atoms with Gasteiger partial charge in [0.05, 0.1) is 12.6 Å². The molecule has 27 heavy (non-hydrogen) atoms.